The van der Waals surface area contributed by atoms with Gasteiger partial charge in [0.05, 0.1) is 10.7 Å². The number of H-pyrrole nitrogens is 1. The van der Waals surface area contributed by atoms with Crippen molar-refractivity contribution in [2.45, 2.75) is 31.8 Å². The molecule has 8 nitrogen and oxygen atoms in total. The van der Waals surface area contributed by atoms with Gasteiger partial charge >= 0.3 is 6.03 Å². The number of piperidine rings is 1. The van der Waals surface area contributed by atoms with Crippen LogP contribution < -0.4 is 5.32 Å². The van der Waals surface area contributed by atoms with Crippen LogP contribution in [0.15, 0.2) is 30.3 Å². The largest absolute Gasteiger partial charge is 0.337 e. The molecule has 3 heterocycles. The van der Waals surface area contributed by atoms with Crippen LogP contribution in [0, 0.1) is 6.92 Å². The SMILES string of the molecule is Cc1[nH]nc(C(=O)N2CCC3(CC2)C(=O)NC(=O)N3Cc2ccccc2)c1Cl. The number of rotatable bonds is 3. The summed E-state index contributed by atoms with van der Waals surface area (Å²) in [7, 11) is 0. The average molecular weight is 402 g/mol. The summed E-state index contributed by atoms with van der Waals surface area (Å²) in [6.07, 6.45) is 0.730. The highest BCUT2D eigenvalue weighted by Gasteiger charge is 2.54. The van der Waals surface area contributed by atoms with E-state index in [1.54, 1.807) is 16.7 Å². The Morgan fingerprint density at radius 2 is 1.89 bits per heavy atom. The van der Waals surface area contributed by atoms with E-state index >= 15 is 0 Å². The molecule has 2 N–H and O–H groups in total. The summed E-state index contributed by atoms with van der Waals surface area (Å²) in [4.78, 5) is 41.0. The second-order valence-electron chi connectivity index (χ2n) is 7.17. The molecule has 2 aliphatic rings. The highest BCUT2D eigenvalue weighted by molar-refractivity contribution is 6.34. The lowest BCUT2D eigenvalue weighted by Gasteiger charge is -2.42. The lowest BCUT2D eigenvalue weighted by Crippen LogP contribution is -2.57. The molecule has 2 saturated heterocycles. The number of urea groups is 1. The molecule has 0 atom stereocenters. The van der Waals surface area contributed by atoms with E-state index < -0.39 is 5.54 Å². The minimum absolute atomic E-state index is 0.184. The Labute approximate surface area is 166 Å². The van der Waals surface area contributed by atoms with Gasteiger partial charge in [-0.3, -0.25) is 20.0 Å². The molecule has 9 heteroatoms. The van der Waals surface area contributed by atoms with Crippen molar-refractivity contribution < 1.29 is 14.4 Å². The summed E-state index contributed by atoms with van der Waals surface area (Å²) >= 11 is 6.14. The fraction of sp³-hybridized carbons (Fsp3) is 0.368. The minimum Gasteiger partial charge on any atom is -0.337 e. The van der Waals surface area contributed by atoms with Gasteiger partial charge in [0, 0.05) is 19.6 Å². The number of amides is 4. The van der Waals surface area contributed by atoms with E-state index in [2.05, 4.69) is 15.5 Å². The van der Waals surface area contributed by atoms with Crippen LogP contribution in [0.4, 0.5) is 4.79 Å². The fourth-order valence-corrected chi connectivity index (χ4v) is 4.04. The number of carbonyl (C=O) groups is 3. The molecular formula is C19H20ClN5O3. The van der Waals surface area contributed by atoms with E-state index in [4.69, 9.17) is 11.6 Å². The molecule has 0 bridgehead atoms. The normalized spacial score (nSPS) is 18.6. The van der Waals surface area contributed by atoms with Crippen LogP contribution in [-0.4, -0.2) is 56.5 Å². The molecular weight excluding hydrogens is 382 g/mol. The van der Waals surface area contributed by atoms with E-state index in [9.17, 15) is 14.4 Å². The van der Waals surface area contributed by atoms with Crippen LogP contribution in [0.25, 0.3) is 0 Å². The predicted molar refractivity (Wildman–Crippen MR) is 102 cm³/mol. The van der Waals surface area contributed by atoms with E-state index in [-0.39, 0.29) is 23.5 Å². The second kappa shape index (κ2) is 6.94. The first-order valence-electron chi connectivity index (χ1n) is 9.09. The summed E-state index contributed by atoms with van der Waals surface area (Å²) in [6.45, 7) is 2.77. The van der Waals surface area contributed by atoms with Gasteiger partial charge in [0.15, 0.2) is 5.69 Å². The number of aromatic nitrogens is 2. The Kier molecular flexibility index (Phi) is 4.58. The minimum atomic E-state index is -0.936. The van der Waals surface area contributed by atoms with Crippen LogP contribution >= 0.6 is 11.6 Å². The Hall–Kier alpha value is -2.87. The number of nitrogens with one attached hydrogen (secondary N) is 2. The molecule has 2 aliphatic heterocycles. The van der Waals surface area contributed by atoms with Crippen molar-refractivity contribution in [1.82, 2.24) is 25.3 Å². The highest BCUT2D eigenvalue weighted by atomic mass is 35.5. The number of carbonyl (C=O) groups excluding carboxylic acids is 3. The van der Waals surface area contributed by atoms with Gasteiger partial charge in [0.1, 0.15) is 5.54 Å². The average Bonchev–Trinajstić information content (AvgIpc) is 3.14. The van der Waals surface area contributed by atoms with Crippen molar-refractivity contribution in [3.05, 3.63) is 52.3 Å². The number of imide groups is 1. The number of benzene rings is 1. The van der Waals surface area contributed by atoms with Crippen molar-refractivity contribution in [3.63, 3.8) is 0 Å². The molecule has 1 aromatic carbocycles. The smallest absolute Gasteiger partial charge is 0.325 e. The van der Waals surface area contributed by atoms with E-state index in [0.717, 1.165) is 5.56 Å². The van der Waals surface area contributed by atoms with Crippen molar-refractivity contribution in [3.8, 4) is 0 Å². The number of hydrogen-bond donors (Lipinski definition) is 2. The molecule has 0 aliphatic carbocycles. The zero-order valence-electron chi connectivity index (χ0n) is 15.4. The van der Waals surface area contributed by atoms with Gasteiger partial charge in [0.2, 0.25) is 0 Å². The van der Waals surface area contributed by atoms with Gasteiger partial charge in [0.25, 0.3) is 11.8 Å². The monoisotopic (exact) mass is 401 g/mol. The van der Waals surface area contributed by atoms with Crippen molar-refractivity contribution >= 4 is 29.4 Å². The first-order chi connectivity index (χ1) is 13.4. The van der Waals surface area contributed by atoms with Gasteiger partial charge in [-0.25, -0.2) is 4.79 Å². The topological polar surface area (TPSA) is 98.4 Å². The lowest BCUT2D eigenvalue weighted by atomic mass is 9.85. The molecule has 2 aromatic rings. The molecule has 0 saturated carbocycles. The Bertz CT molecular complexity index is 934. The molecule has 4 amide bonds. The molecule has 146 valence electrons. The third-order valence-corrected chi connectivity index (χ3v) is 6.00. The number of nitrogens with zero attached hydrogens (tertiary/aromatic N) is 3. The molecule has 2 fully saturated rings. The van der Waals surface area contributed by atoms with Crippen LogP contribution in [0.5, 0.6) is 0 Å². The zero-order chi connectivity index (χ0) is 19.9. The van der Waals surface area contributed by atoms with Crippen molar-refractivity contribution in [2.75, 3.05) is 13.1 Å². The Balaban J connectivity index is 1.52. The quantitative estimate of drug-likeness (QED) is 0.769. The van der Waals surface area contributed by atoms with Gasteiger partial charge in [-0.15, -0.1) is 0 Å². The van der Waals surface area contributed by atoms with Crippen LogP contribution in [-0.2, 0) is 11.3 Å². The molecule has 28 heavy (non-hydrogen) atoms. The Morgan fingerprint density at radius 1 is 1.21 bits per heavy atom. The maximum Gasteiger partial charge on any atom is 0.325 e. The van der Waals surface area contributed by atoms with Gasteiger partial charge < -0.3 is 9.80 Å². The lowest BCUT2D eigenvalue weighted by molar-refractivity contribution is -0.129. The third kappa shape index (κ3) is 2.93. The summed E-state index contributed by atoms with van der Waals surface area (Å²) in [6, 6.07) is 9.15. The van der Waals surface area contributed by atoms with Crippen LogP contribution in [0.3, 0.4) is 0 Å². The predicted octanol–water partition coefficient (Wildman–Crippen LogP) is 2.10. The number of hydrogen-bond acceptors (Lipinski definition) is 4. The van der Waals surface area contributed by atoms with Crippen LogP contribution in [0.2, 0.25) is 5.02 Å². The number of aryl methyl sites for hydroxylation is 1. The molecule has 4 rings (SSSR count). The summed E-state index contributed by atoms with van der Waals surface area (Å²) in [5.74, 6) is -0.572. The van der Waals surface area contributed by atoms with E-state index in [1.165, 1.54) is 0 Å². The van der Waals surface area contributed by atoms with Gasteiger partial charge in [-0.05, 0) is 25.3 Å². The zero-order valence-corrected chi connectivity index (χ0v) is 16.1. The number of aromatic amines is 1. The van der Waals surface area contributed by atoms with Gasteiger partial charge in [-0.2, -0.15) is 5.10 Å². The maximum absolute atomic E-state index is 12.7. The number of likely N-dealkylation sites (tertiary alicyclic amines) is 1. The standard InChI is InChI=1S/C19H20ClN5O3/c1-12-14(20)15(23-22-12)16(26)24-9-7-19(8-10-24)17(27)21-18(28)25(19)11-13-5-3-2-4-6-13/h2-6H,7-11H2,1H3,(H,22,23)(H,21,27,28). The molecule has 0 unspecified atom stereocenters. The first-order valence-corrected chi connectivity index (χ1v) is 9.47. The summed E-state index contributed by atoms with van der Waals surface area (Å²) < 4.78 is 0. The van der Waals surface area contributed by atoms with Crippen molar-refractivity contribution in [2.24, 2.45) is 0 Å². The molecule has 1 aromatic heterocycles. The van der Waals surface area contributed by atoms with E-state index in [0.29, 0.717) is 43.2 Å². The van der Waals surface area contributed by atoms with Crippen molar-refractivity contribution in [1.29, 1.82) is 0 Å². The maximum atomic E-state index is 12.7. The number of halogens is 1. The summed E-state index contributed by atoms with van der Waals surface area (Å²) in [5.41, 5.74) is 0.829. The Morgan fingerprint density at radius 3 is 2.50 bits per heavy atom. The fourth-order valence-electron chi connectivity index (χ4n) is 3.87. The molecule has 0 radical (unpaired) electrons. The highest BCUT2D eigenvalue weighted by Crippen LogP contribution is 2.35. The van der Waals surface area contributed by atoms with Gasteiger partial charge in [-0.1, -0.05) is 41.9 Å². The molecule has 1 spiro atoms. The first kappa shape index (κ1) is 18.5. The second-order valence-corrected chi connectivity index (χ2v) is 7.54. The van der Waals surface area contributed by atoms with Crippen LogP contribution in [0.1, 0.15) is 34.6 Å². The third-order valence-electron chi connectivity index (χ3n) is 5.54. The van der Waals surface area contributed by atoms with E-state index in [1.807, 2.05) is 30.3 Å². The summed E-state index contributed by atoms with van der Waals surface area (Å²) in [5, 5.41) is 9.44.